The fourth-order valence-electron chi connectivity index (χ4n) is 1.76. The van der Waals surface area contributed by atoms with Crippen molar-refractivity contribution in [3.8, 4) is 5.75 Å². The monoisotopic (exact) mass is 367 g/mol. The van der Waals surface area contributed by atoms with Crippen molar-refractivity contribution < 1.29 is 9.53 Å². The van der Waals surface area contributed by atoms with Crippen LogP contribution in [-0.4, -0.2) is 12.5 Å². The second-order valence-electron chi connectivity index (χ2n) is 4.59. The molecule has 1 N–H and O–H groups in total. The SMILES string of the molecule is Cc1cccc(OCCC(=O)Nc2ccc(Cl)c(Br)c2)c1. The van der Waals surface area contributed by atoms with E-state index in [1.54, 1.807) is 18.2 Å². The number of amides is 1. The minimum Gasteiger partial charge on any atom is -0.493 e. The maximum Gasteiger partial charge on any atom is 0.227 e. The average molecular weight is 369 g/mol. The third-order valence-electron chi connectivity index (χ3n) is 2.79. The van der Waals surface area contributed by atoms with Gasteiger partial charge in [-0.3, -0.25) is 4.79 Å². The molecular weight excluding hydrogens is 354 g/mol. The Bertz CT molecular complexity index is 646. The first-order valence-corrected chi connectivity index (χ1v) is 7.66. The number of carbonyl (C=O) groups is 1. The first kappa shape index (κ1) is 15.9. The molecule has 0 atom stereocenters. The topological polar surface area (TPSA) is 38.3 Å². The highest BCUT2D eigenvalue weighted by Gasteiger charge is 2.05. The van der Waals surface area contributed by atoms with Gasteiger partial charge in [0.25, 0.3) is 0 Å². The van der Waals surface area contributed by atoms with Crippen LogP contribution >= 0.6 is 27.5 Å². The summed E-state index contributed by atoms with van der Waals surface area (Å²) in [5, 5.41) is 3.41. The molecule has 0 saturated heterocycles. The van der Waals surface area contributed by atoms with Gasteiger partial charge in [-0.05, 0) is 58.7 Å². The molecule has 2 aromatic carbocycles. The highest BCUT2D eigenvalue weighted by molar-refractivity contribution is 9.10. The Morgan fingerprint density at radius 3 is 2.81 bits per heavy atom. The second kappa shape index (κ2) is 7.48. The summed E-state index contributed by atoms with van der Waals surface area (Å²) in [5.41, 5.74) is 1.83. The van der Waals surface area contributed by atoms with Gasteiger partial charge >= 0.3 is 0 Å². The third-order valence-corrected chi connectivity index (χ3v) is 4.00. The van der Waals surface area contributed by atoms with Crippen molar-refractivity contribution in [3.05, 3.63) is 57.5 Å². The summed E-state index contributed by atoms with van der Waals surface area (Å²) in [6, 6.07) is 13.0. The number of rotatable bonds is 5. The van der Waals surface area contributed by atoms with E-state index >= 15 is 0 Å². The van der Waals surface area contributed by atoms with Gasteiger partial charge in [0, 0.05) is 10.2 Å². The summed E-state index contributed by atoms with van der Waals surface area (Å²) in [4.78, 5) is 11.8. The predicted octanol–water partition coefficient (Wildman–Crippen LogP) is 4.82. The highest BCUT2D eigenvalue weighted by atomic mass is 79.9. The number of carbonyl (C=O) groups excluding carboxylic acids is 1. The molecule has 110 valence electrons. The summed E-state index contributed by atoms with van der Waals surface area (Å²) in [6.07, 6.45) is 0.286. The van der Waals surface area contributed by atoms with Gasteiger partial charge < -0.3 is 10.1 Å². The molecule has 0 aromatic heterocycles. The standard InChI is InChI=1S/C16H15BrClNO2/c1-11-3-2-4-13(9-11)21-8-7-16(20)19-12-5-6-15(18)14(17)10-12/h2-6,9-10H,7-8H2,1H3,(H,19,20). The van der Waals surface area contributed by atoms with Crippen LogP contribution in [-0.2, 0) is 4.79 Å². The van der Waals surface area contributed by atoms with E-state index in [-0.39, 0.29) is 12.3 Å². The molecule has 2 aromatic rings. The summed E-state index contributed by atoms with van der Waals surface area (Å²) < 4.78 is 6.29. The molecular formula is C16H15BrClNO2. The Hall–Kier alpha value is -1.52. The zero-order valence-corrected chi connectivity index (χ0v) is 13.9. The quantitative estimate of drug-likeness (QED) is 0.822. The molecule has 0 unspecified atom stereocenters. The first-order valence-electron chi connectivity index (χ1n) is 6.49. The molecule has 0 heterocycles. The molecule has 0 saturated carbocycles. The van der Waals surface area contributed by atoms with Gasteiger partial charge in [-0.2, -0.15) is 0 Å². The van der Waals surface area contributed by atoms with Crippen LogP contribution in [0.2, 0.25) is 5.02 Å². The summed E-state index contributed by atoms with van der Waals surface area (Å²) in [6.45, 7) is 2.34. The fraction of sp³-hybridized carbons (Fsp3) is 0.188. The van der Waals surface area contributed by atoms with E-state index in [2.05, 4.69) is 21.2 Å². The number of ether oxygens (including phenoxy) is 1. The van der Waals surface area contributed by atoms with Crippen LogP contribution in [0.1, 0.15) is 12.0 Å². The summed E-state index contributed by atoms with van der Waals surface area (Å²) in [5.74, 6) is 0.675. The molecule has 0 aliphatic heterocycles. The minimum absolute atomic E-state index is 0.100. The molecule has 5 heteroatoms. The smallest absolute Gasteiger partial charge is 0.227 e. The molecule has 3 nitrogen and oxygen atoms in total. The van der Waals surface area contributed by atoms with E-state index in [1.807, 2.05) is 31.2 Å². The maximum atomic E-state index is 11.8. The lowest BCUT2D eigenvalue weighted by atomic mass is 10.2. The fourth-order valence-corrected chi connectivity index (χ4v) is 2.26. The van der Waals surface area contributed by atoms with Gasteiger partial charge in [-0.15, -0.1) is 0 Å². The Labute approximate surface area is 137 Å². The first-order chi connectivity index (χ1) is 10.0. The number of anilines is 1. The van der Waals surface area contributed by atoms with Crippen molar-refractivity contribution in [1.29, 1.82) is 0 Å². The molecule has 0 radical (unpaired) electrons. The molecule has 2 rings (SSSR count). The summed E-state index contributed by atoms with van der Waals surface area (Å²) in [7, 11) is 0. The van der Waals surface area contributed by atoms with Crippen molar-refractivity contribution in [2.75, 3.05) is 11.9 Å². The minimum atomic E-state index is -0.100. The molecule has 0 aliphatic rings. The molecule has 1 amide bonds. The van der Waals surface area contributed by atoms with Gasteiger partial charge in [0.05, 0.1) is 18.1 Å². The van der Waals surface area contributed by atoms with Gasteiger partial charge in [-0.25, -0.2) is 0 Å². The number of aryl methyl sites for hydroxylation is 1. The number of halogens is 2. The van der Waals surface area contributed by atoms with Crippen LogP contribution in [0.15, 0.2) is 46.9 Å². The van der Waals surface area contributed by atoms with E-state index in [0.717, 1.165) is 15.8 Å². The van der Waals surface area contributed by atoms with Crippen LogP contribution in [0.4, 0.5) is 5.69 Å². The van der Waals surface area contributed by atoms with E-state index in [4.69, 9.17) is 16.3 Å². The van der Waals surface area contributed by atoms with Gasteiger partial charge in [-0.1, -0.05) is 23.7 Å². The number of hydrogen-bond donors (Lipinski definition) is 1. The second-order valence-corrected chi connectivity index (χ2v) is 5.85. The third kappa shape index (κ3) is 5.06. The molecule has 21 heavy (non-hydrogen) atoms. The van der Waals surface area contributed by atoms with E-state index in [1.165, 1.54) is 0 Å². The molecule has 0 spiro atoms. The van der Waals surface area contributed by atoms with E-state index in [0.29, 0.717) is 17.3 Å². The van der Waals surface area contributed by atoms with Crippen LogP contribution in [0.5, 0.6) is 5.75 Å². The van der Waals surface area contributed by atoms with Crippen LogP contribution in [0.3, 0.4) is 0 Å². The summed E-state index contributed by atoms with van der Waals surface area (Å²) >= 11 is 9.22. The Balaban J connectivity index is 1.81. The van der Waals surface area contributed by atoms with E-state index in [9.17, 15) is 4.79 Å². The van der Waals surface area contributed by atoms with Crippen LogP contribution in [0.25, 0.3) is 0 Å². The largest absolute Gasteiger partial charge is 0.493 e. The van der Waals surface area contributed by atoms with Gasteiger partial charge in [0.15, 0.2) is 0 Å². The molecule has 0 fully saturated rings. The van der Waals surface area contributed by atoms with Gasteiger partial charge in [0.2, 0.25) is 5.91 Å². The lowest BCUT2D eigenvalue weighted by Crippen LogP contribution is -2.15. The van der Waals surface area contributed by atoms with Crippen LogP contribution < -0.4 is 10.1 Å². The van der Waals surface area contributed by atoms with E-state index < -0.39 is 0 Å². The van der Waals surface area contributed by atoms with Crippen molar-refractivity contribution >= 4 is 39.1 Å². The number of benzene rings is 2. The Morgan fingerprint density at radius 2 is 2.10 bits per heavy atom. The zero-order chi connectivity index (χ0) is 15.2. The van der Waals surface area contributed by atoms with Gasteiger partial charge in [0.1, 0.15) is 5.75 Å². The average Bonchev–Trinajstić information content (AvgIpc) is 2.43. The zero-order valence-electron chi connectivity index (χ0n) is 11.5. The molecule has 0 bridgehead atoms. The highest BCUT2D eigenvalue weighted by Crippen LogP contribution is 2.25. The normalized spacial score (nSPS) is 10.2. The molecule has 0 aliphatic carbocycles. The van der Waals surface area contributed by atoms with Crippen molar-refractivity contribution in [2.24, 2.45) is 0 Å². The van der Waals surface area contributed by atoms with Crippen molar-refractivity contribution in [1.82, 2.24) is 0 Å². The maximum absolute atomic E-state index is 11.8. The van der Waals surface area contributed by atoms with Crippen LogP contribution in [0, 0.1) is 6.92 Å². The van der Waals surface area contributed by atoms with Crippen molar-refractivity contribution in [3.63, 3.8) is 0 Å². The number of hydrogen-bond acceptors (Lipinski definition) is 2. The number of nitrogens with one attached hydrogen (secondary N) is 1. The Kier molecular flexibility index (Phi) is 5.65. The lowest BCUT2D eigenvalue weighted by molar-refractivity contribution is -0.116. The van der Waals surface area contributed by atoms with Crippen molar-refractivity contribution in [2.45, 2.75) is 13.3 Å². The lowest BCUT2D eigenvalue weighted by Gasteiger charge is -2.08. The predicted molar refractivity (Wildman–Crippen MR) is 89.1 cm³/mol. The Morgan fingerprint density at radius 1 is 1.29 bits per heavy atom.